The highest BCUT2D eigenvalue weighted by Gasteiger charge is 2.30. The third-order valence-electron chi connectivity index (χ3n) is 2.87. The zero-order chi connectivity index (χ0) is 12.5. The monoisotopic (exact) mass is 272 g/mol. The van der Waals surface area contributed by atoms with Crippen molar-refractivity contribution in [3.8, 4) is 0 Å². The van der Waals surface area contributed by atoms with Crippen molar-refractivity contribution in [1.29, 1.82) is 0 Å². The molecule has 1 fully saturated rings. The average molecular weight is 272 g/mol. The first-order chi connectivity index (χ1) is 7.99. The maximum atomic E-state index is 12.0. The van der Waals surface area contributed by atoms with Gasteiger partial charge in [0.1, 0.15) is 0 Å². The number of benzene rings is 1. The Morgan fingerprint density at radius 3 is 2.47 bits per heavy atom. The van der Waals surface area contributed by atoms with Gasteiger partial charge in [0.25, 0.3) is 10.1 Å². The molecule has 2 unspecified atom stereocenters. The number of aryl methyl sites for hydroxylation is 1. The van der Waals surface area contributed by atoms with Crippen molar-refractivity contribution in [2.24, 2.45) is 0 Å². The van der Waals surface area contributed by atoms with Crippen LogP contribution in [0.25, 0.3) is 0 Å². The van der Waals surface area contributed by atoms with E-state index < -0.39 is 10.1 Å². The van der Waals surface area contributed by atoms with E-state index in [1.54, 1.807) is 36.0 Å². The molecule has 2 atom stereocenters. The predicted molar refractivity (Wildman–Crippen MR) is 69.8 cm³/mol. The lowest BCUT2D eigenvalue weighted by atomic mass is 10.2. The molecule has 0 amide bonds. The van der Waals surface area contributed by atoms with E-state index in [9.17, 15) is 8.42 Å². The molecule has 0 N–H and O–H groups in total. The van der Waals surface area contributed by atoms with Crippen LogP contribution in [0.3, 0.4) is 0 Å². The second-order valence-corrected chi connectivity index (χ2v) is 7.32. The summed E-state index contributed by atoms with van der Waals surface area (Å²) in [6.07, 6.45) is 0.614. The first-order valence-electron chi connectivity index (χ1n) is 5.60. The minimum Gasteiger partial charge on any atom is -0.262 e. The summed E-state index contributed by atoms with van der Waals surface area (Å²) in [4.78, 5) is 0.243. The van der Waals surface area contributed by atoms with E-state index in [4.69, 9.17) is 4.18 Å². The Morgan fingerprint density at radius 2 is 1.94 bits per heavy atom. The maximum Gasteiger partial charge on any atom is 0.297 e. The van der Waals surface area contributed by atoms with E-state index in [1.165, 1.54) is 0 Å². The van der Waals surface area contributed by atoms with E-state index >= 15 is 0 Å². The average Bonchev–Trinajstić information content (AvgIpc) is 2.64. The van der Waals surface area contributed by atoms with Crippen molar-refractivity contribution >= 4 is 21.9 Å². The lowest BCUT2D eigenvalue weighted by Crippen LogP contribution is -2.23. The molecule has 0 saturated carbocycles. The summed E-state index contributed by atoms with van der Waals surface area (Å²) in [7, 11) is -3.61. The number of rotatable bonds is 3. The minimum absolute atomic E-state index is 0.189. The molecule has 1 aliphatic heterocycles. The van der Waals surface area contributed by atoms with Crippen molar-refractivity contribution in [2.45, 2.75) is 36.5 Å². The van der Waals surface area contributed by atoms with Gasteiger partial charge in [-0.2, -0.15) is 20.2 Å². The molecule has 0 radical (unpaired) electrons. The third kappa shape index (κ3) is 3.03. The molecule has 94 valence electrons. The fourth-order valence-corrected chi connectivity index (χ4v) is 4.15. The predicted octanol–water partition coefficient (Wildman–Crippen LogP) is 2.59. The molecule has 5 heteroatoms. The van der Waals surface area contributed by atoms with Crippen LogP contribution < -0.4 is 0 Å². The van der Waals surface area contributed by atoms with Gasteiger partial charge in [0.2, 0.25) is 0 Å². The largest absolute Gasteiger partial charge is 0.297 e. The van der Waals surface area contributed by atoms with Crippen molar-refractivity contribution in [2.75, 3.05) is 5.75 Å². The van der Waals surface area contributed by atoms with Gasteiger partial charge in [-0.1, -0.05) is 24.6 Å². The van der Waals surface area contributed by atoms with Gasteiger partial charge in [-0.05, 0) is 31.2 Å². The second kappa shape index (κ2) is 5.00. The molecule has 2 rings (SSSR count). The highest BCUT2D eigenvalue weighted by atomic mass is 32.2. The molecule has 1 aromatic carbocycles. The SMILES string of the molecule is Cc1ccc(S(=O)(=O)OC2CCSC2C)cc1. The van der Waals surface area contributed by atoms with Crippen LogP contribution in [0.5, 0.6) is 0 Å². The van der Waals surface area contributed by atoms with Crippen LogP contribution in [0.1, 0.15) is 18.9 Å². The molecule has 1 saturated heterocycles. The standard InChI is InChI=1S/C12H16O3S2/c1-9-3-5-11(6-4-9)17(13,14)15-12-7-8-16-10(12)2/h3-6,10,12H,7-8H2,1-2H3. The maximum absolute atomic E-state index is 12.0. The van der Waals surface area contributed by atoms with E-state index in [2.05, 4.69) is 0 Å². The molecule has 0 bridgehead atoms. The normalized spacial score (nSPS) is 25.1. The van der Waals surface area contributed by atoms with Crippen LogP contribution >= 0.6 is 11.8 Å². The Balaban J connectivity index is 2.16. The van der Waals surface area contributed by atoms with Crippen LogP contribution in [0.2, 0.25) is 0 Å². The minimum atomic E-state index is -3.61. The fourth-order valence-electron chi connectivity index (χ4n) is 1.76. The van der Waals surface area contributed by atoms with Crippen molar-refractivity contribution in [3.05, 3.63) is 29.8 Å². The Kier molecular flexibility index (Phi) is 3.80. The molecular formula is C12H16O3S2. The topological polar surface area (TPSA) is 43.4 Å². The van der Waals surface area contributed by atoms with Crippen LogP contribution in [0.4, 0.5) is 0 Å². The molecule has 0 aromatic heterocycles. The van der Waals surface area contributed by atoms with Gasteiger partial charge in [-0.3, -0.25) is 4.18 Å². The van der Waals surface area contributed by atoms with Gasteiger partial charge in [0, 0.05) is 5.25 Å². The molecule has 0 aliphatic carbocycles. The summed E-state index contributed by atoms with van der Waals surface area (Å²) < 4.78 is 29.3. The quantitative estimate of drug-likeness (QED) is 0.793. The molecule has 17 heavy (non-hydrogen) atoms. The zero-order valence-corrected chi connectivity index (χ0v) is 11.6. The fraction of sp³-hybridized carbons (Fsp3) is 0.500. The van der Waals surface area contributed by atoms with Crippen molar-refractivity contribution in [3.63, 3.8) is 0 Å². The van der Waals surface area contributed by atoms with Gasteiger partial charge in [-0.25, -0.2) is 0 Å². The Labute approximate surface area is 107 Å². The zero-order valence-electron chi connectivity index (χ0n) is 9.92. The third-order valence-corrected chi connectivity index (χ3v) is 5.52. The highest BCUT2D eigenvalue weighted by molar-refractivity contribution is 8.00. The van der Waals surface area contributed by atoms with Gasteiger partial charge in [-0.15, -0.1) is 0 Å². The van der Waals surface area contributed by atoms with E-state index in [0.29, 0.717) is 0 Å². The van der Waals surface area contributed by atoms with E-state index in [0.717, 1.165) is 17.7 Å². The number of thioether (sulfide) groups is 1. The van der Waals surface area contributed by atoms with Gasteiger partial charge in [0.15, 0.2) is 0 Å². The molecule has 3 nitrogen and oxygen atoms in total. The molecule has 1 heterocycles. The summed E-state index contributed by atoms with van der Waals surface area (Å²) in [5, 5.41) is 0.246. The first kappa shape index (κ1) is 12.9. The van der Waals surface area contributed by atoms with E-state index in [1.807, 2.05) is 13.8 Å². The van der Waals surface area contributed by atoms with Gasteiger partial charge < -0.3 is 0 Å². The Hall–Kier alpha value is -0.520. The second-order valence-electron chi connectivity index (χ2n) is 4.27. The Bertz CT molecular complexity index is 479. The summed E-state index contributed by atoms with van der Waals surface area (Å²) >= 11 is 1.75. The highest BCUT2D eigenvalue weighted by Crippen LogP contribution is 2.31. The molecule has 1 aliphatic rings. The first-order valence-corrected chi connectivity index (χ1v) is 8.06. The van der Waals surface area contributed by atoms with Crippen molar-refractivity contribution < 1.29 is 12.6 Å². The Morgan fingerprint density at radius 1 is 1.29 bits per heavy atom. The summed E-state index contributed by atoms with van der Waals surface area (Å²) in [5.41, 5.74) is 1.04. The summed E-state index contributed by atoms with van der Waals surface area (Å²) in [6.45, 7) is 3.93. The lowest BCUT2D eigenvalue weighted by molar-refractivity contribution is 0.214. The van der Waals surface area contributed by atoms with Crippen LogP contribution in [0, 0.1) is 6.92 Å². The number of hydrogen-bond acceptors (Lipinski definition) is 4. The van der Waals surface area contributed by atoms with Crippen LogP contribution in [0.15, 0.2) is 29.2 Å². The van der Waals surface area contributed by atoms with Crippen LogP contribution in [-0.2, 0) is 14.3 Å². The summed E-state index contributed by atoms with van der Waals surface area (Å²) in [5.74, 6) is 0.968. The summed E-state index contributed by atoms with van der Waals surface area (Å²) in [6, 6.07) is 6.75. The smallest absolute Gasteiger partial charge is 0.262 e. The molecule has 1 aromatic rings. The van der Waals surface area contributed by atoms with Gasteiger partial charge in [0.05, 0.1) is 11.0 Å². The number of hydrogen-bond donors (Lipinski definition) is 0. The van der Waals surface area contributed by atoms with E-state index in [-0.39, 0.29) is 16.2 Å². The molecule has 0 spiro atoms. The van der Waals surface area contributed by atoms with Gasteiger partial charge >= 0.3 is 0 Å². The van der Waals surface area contributed by atoms with Crippen molar-refractivity contribution in [1.82, 2.24) is 0 Å². The lowest BCUT2D eigenvalue weighted by Gasteiger charge is -2.15. The van der Waals surface area contributed by atoms with Crippen LogP contribution in [-0.4, -0.2) is 25.5 Å². The molecular weight excluding hydrogens is 256 g/mol.